The van der Waals surface area contributed by atoms with E-state index in [2.05, 4.69) is 6.92 Å². The minimum Gasteiger partial charge on any atom is -0.0622 e. The SMILES string of the molecule is CC1CC2C3CCC34CC1C24. The van der Waals surface area contributed by atoms with E-state index in [0.29, 0.717) is 0 Å². The lowest BCUT2D eigenvalue weighted by atomic mass is 9.29. The molecule has 0 bridgehead atoms. The molecule has 4 aliphatic carbocycles. The van der Waals surface area contributed by atoms with Gasteiger partial charge >= 0.3 is 0 Å². The van der Waals surface area contributed by atoms with Crippen LogP contribution in [0.25, 0.3) is 0 Å². The number of hydrogen-bond donors (Lipinski definition) is 0. The fraction of sp³-hybridized carbons (Fsp3) is 1.00. The maximum absolute atomic E-state index is 2.50. The molecule has 0 heterocycles. The van der Waals surface area contributed by atoms with Gasteiger partial charge in [0, 0.05) is 0 Å². The van der Waals surface area contributed by atoms with Crippen LogP contribution in [0.5, 0.6) is 0 Å². The van der Waals surface area contributed by atoms with E-state index in [1.165, 1.54) is 23.7 Å². The van der Waals surface area contributed by atoms with Crippen molar-refractivity contribution in [1.29, 1.82) is 0 Å². The third-order valence-corrected chi connectivity index (χ3v) is 5.75. The summed E-state index contributed by atoms with van der Waals surface area (Å²) >= 11 is 0. The van der Waals surface area contributed by atoms with Gasteiger partial charge in [-0.1, -0.05) is 6.92 Å². The first-order valence-corrected chi connectivity index (χ1v) is 5.33. The summed E-state index contributed by atoms with van der Waals surface area (Å²) in [5.74, 6) is 5.99. The van der Waals surface area contributed by atoms with Gasteiger partial charge < -0.3 is 0 Å². The monoisotopic (exact) mass is 148 g/mol. The first-order valence-electron chi connectivity index (χ1n) is 5.33. The molecule has 0 amide bonds. The molecule has 4 rings (SSSR count). The molecule has 0 aromatic rings. The van der Waals surface area contributed by atoms with Crippen LogP contribution in [-0.4, -0.2) is 0 Å². The first kappa shape index (κ1) is 5.61. The molecule has 0 saturated heterocycles. The van der Waals surface area contributed by atoms with Crippen molar-refractivity contribution in [3.63, 3.8) is 0 Å². The Labute approximate surface area is 68.4 Å². The maximum atomic E-state index is 2.50. The largest absolute Gasteiger partial charge is 0.0622 e. The summed E-state index contributed by atoms with van der Waals surface area (Å²) in [6.07, 6.45) is 6.45. The van der Waals surface area contributed by atoms with Crippen molar-refractivity contribution in [1.82, 2.24) is 0 Å². The Morgan fingerprint density at radius 3 is 2.82 bits per heavy atom. The Morgan fingerprint density at radius 1 is 1.27 bits per heavy atom. The summed E-state index contributed by atoms with van der Waals surface area (Å²) < 4.78 is 0. The van der Waals surface area contributed by atoms with Crippen molar-refractivity contribution in [2.45, 2.75) is 32.6 Å². The normalized spacial score (nSPS) is 75.5. The van der Waals surface area contributed by atoms with Crippen molar-refractivity contribution in [3.05, 3.63) is 0 Å². The molecule has 0 aliphatic heterocycles. The molecule has 1 spiro atoms. The zero-order valence-electron chi connectivity index (χ0n) is 7.22. The highest BCUT2D eigenvalue weighted by atomic mass is 14.8. The van der Waals surface area contributed by atoms with Crippen LogP contribution >= 0.6 is 0 Å². The topological polar surface area (TPSA) is 0 Å². The molecule has 4 aliphatic rings. The van der Waals surface area contributed by atoms with Crippen LogP contribution < -0.4 is 0 Å². The zero-order chi connectivity index (χ0) is 7.22. The van der Waals surface area contributed by atoms with Gasteiger partial charge in [-0.25, -0.2) is 0 Å². The lowest BCUT2D eigenvalue weighted by Crippen LogP contribution is -2.69. The Kier molecular flexibility index (Phi) is 0.661. The maximum Gasteiger partial charge on any atom is -0.0230 e. The quantitative estimate of drug-likeness (QED) is 0.495. The van der Waals surface area contributed by atoms with Gasteiger partial charge in [-0.3, -0.25) is 0 Å². The molecule has 0 heteroatoms. The second kappa shape index (κ2) is 1.30. The summed E-state index contributed by atoms with van der Waals surface area (Å²) in [6.45, 7) is 2.50. The average Bonchev–Trinajstić information content (AvgIpc) is 1.96. The van der Waals surface area contributed by atoms with Crippen LogP contribution in [0.15, 0.2) is 0 Å². The number of fused-ring (bicyclic) bond motifs is 1. The fourth-order valence-electron chi connectivity index (χ4n) is 5.30. The van der Waals surface area contributed by atoms with Crippen LogP contribution in [0.1, 0.15) is 32.6 Å². The Morgan fingerprint density at radius 2 is 2.18 bits per heavy atom. The summed E-state index contributed by atoms with van der Waals surface area (Å²) in [5, 5.41) is 0. The molecule has 6 atom stereocenters. The van der Waals surface area contributed by atoms with E-state index in [4.69, 9.17) is 0 Å². The van der Waals surface area contributed by atoms with Crippen LogP contribution in [0, 0.1) is 35.0 Å². The highest BCUT2D eigenvalue weighted by Gasteiger charge is 2.77. The number of hydrogen-bond acceptors (Lipinski definition) is 0. The number of rotatable bonds is 0. The predicted molar refractivity (Wildman–Crippen MR) is 44.0 cm³/mol. The zero-order valence-corrected chi connectivity index (χ0v) is 7.22. The second-order valence-electron chi connectivity index (χ2n) is 5.65. The highest BCUT2D eigenvalue weighted by molar-refractivity contribution is 5.25. The van der Waals surface area contributed by atoms with Crippen molar-refractivity contribution in [2.24, 2.45) is 35.0 Å². The Hall–Kier alpha value is 0. The van der Waals surface area contributed by atoms with E-state index in [1.54, 1.807) is 25.7 Å². The highest BCUT2D eigenvalue weighted by Crippen LogP contribution is 2.84. The molecule has 0 aromatic carbocycles. The molecule has 0 N–H and O–H groups in total. The van der Waals surface area contributed by atoms with Crippen LogP contribution in [-0.2, 0) is 0 Å². The van der Waals surface area contributed by atoms with Crippen molar-refractivity contribution in [3.8, 4) is 0 Å². The first-order chi connectivity index (χ1) is 5.33. The molecule has 0 aromatic heterocycles. The van der Waals surface area contributed by atoms with Crippen LogP contribution in [0.3, 0.4) is 0 Å². The summed E-state index contributed by atoms with van der Waals surface area (Å²) in [7, 11) is 0. The van der Waals surface area contributed by atoms with Crippen molar-refractivity contribution < 1.29 is 0 Å². The van der Waals surface area contributed by atoms with Crippen molar-refractivity contribution >= 4 is 0 Å². The summed E-state index contributed by atoms with van der Waals surface area (Å²) in [4.78, 5) is 0. The average molecular weight is 148 g/mol. The standard InChI is InChI=1S/C11H16/c1-6-4-7-9-2-3-11(9)5-8(6)10(7)11/h6-10H,2-5H2,1H3. The third kappa shape index (κ3) is 0.346. The molecule has 60 valence electrons. The van der Waals surface area contributed by atoms with Gasteiger partial charge in [0.2, 0.25) is 0 Å². The Bertz CT molecular complexity index is 232. The van der Waals surface area contributed by atoms with E-state index in [0.717, 1.165) is 11.3 Å². The smallest absolute Gasteiger partial charge is 0.0230 e. The summed E-state index contributed by atoms with van der Waals surface area (Å²) in [6, 6.07) is 0. The predicted octanol–water partition coefficient (Wildman–Crippen LogP) is 2.69. The second-order valence-corrected chi connectivity index (χ2v) is 5.65. The van der Waals surface area contributed by atoms with E-state index < -0.39 is 0 Å². The molecule has 4 fully saturated rings. The van der Waals surface area contributed by atoms with Crippen molar-refractivity contribution in [2.75, 3.05) is 0 Å². The van der Waals surface area contributed by atoms with Gasteiger partial charge in [0.25, 0.3) is 0 Å². The van der Waals surface area contributed by atoms with Gasteiger partial charge in [0.1, 0.15) is 0 Å². The van der Waals surface area contributed by atoms with E-state index in [1.807, 2.05) is 0 Å². The van der Waals surface area contributed by atoms with E-state index in [9.17, 15) is 0 Å². The Balaban J connectivity index is 1.79. The van der Waals surface area contributed by atoms with Gasteiger partial charge in [0.05, 0.1) is 0 Å². The van der Waals surface area contributed by atoms with Gasteiger partial charge in [0.15, 0.2) is 0 Å². The molecule has 11 heavy (non-hydrogen) atoms. The lowest BCUT2D eigenvalue weighted by Gasteiger charge is -2.76. The molecule has 4 saturated carbocycles. The van der Waals surface area contributed by atoms with E-state index in [-0.39, 0.29) is 0 Å². The van der Waals surface area contributed by atoms with Gasteiger partial charge in [-0.2, -0.15) is 0 Å². The molecule has 6 unspecified atom stereocenters. The third-order valence-electron chi connectivity index (χ3n) is 5.75. The molecular formula is C11H16. The minimum absolute atomic E-state index is 0.986. The molecular weight excluding hydrogens is 132 g/mol. The van der Waals surface area contributed by atoms with E-state index >= 15 is 0 Å². The molecule has 0 nitrogen and oxygen atoms in total. The van der Waals surface area contributed by atoms with Crippen LogP contribution in [0.2, 0.25) is 0 Å². The van der Waals surface area contributed by atoms with Gasteiger partial charge in [-0.15, -0.1) is 0 Å². The molecule has 0 radical (unpaired) electrons. The fourth-order valence-corrected chi connectivity index (χ4v) is 5.30. The van der Waals surface area contributed by atoms with Crippen LogP contribution in [0.4, 0.5) is 0 Å². The summed E-state index contributed by atoms with van der Waals surface area (Å²) in [5.41, 5.74) is 0.986. The minimum atomic E-state index is 0.986. The lowest BCUT2D eigenvalue weighted by molar-refractivity contribution is -0.275. The van der Waals surface area contributed by atoms with Gasteiger partial charge in [-0.05, 0) is 60.7 Å².